The molecule has 0 saturated carbocycles. The molecule has 0 N–H and O–H groups in total. The summed E-state index contributed by atoms with van der Waals surface area (Å²) < 4.78 is 7.28. The molecular formula is C18H31ClN4O. The van der Waals surface area contributed by atoms with Crippen molar-refractivity contribution in [3.63, 3.8) is 0 Å². The molecule has 0 amide bonds. The maximum Gasteiger partial charge on any atom is 0.131 e. The van der Waals surface area contributed by atoms with Gasteiger partial charge in [-0.2, -0.15) is 5.10 Å². The number of aryl methyl sites for hydroxylation is 2. The van der Waals surface area contributed by atoms with Crippen molar-refractivity contribution in [1.29, 1.82) is 0 Å². The molecule has 5 nitrogen and oxygen atoms in total. The van der Waals surface area contributed by atoms with Crippen LogP contribution in [0.5, 0.6) is 0 Å². The quantitative estimate of drug-likeness (QED) is 0.786. The van der Waals surface area contributed by atoms with Gasteiger partial charge in [-0.1, -0.05) is 24.9 Å². The summed E-state index contributed by atoms with van der Waals surface area (Å²) in [5.74, 6) is 0. The van der Waals surface area contributed by atoms with Gasteiger partial charge in [0, 0.05) is 38.3 Å². The van der Waals surface area contributed by atoms with Gasteiger partial charge in [-0.3, -0.25) is 14.5 Å². The highest BCUT2D eigenvalue weighted by molar-refractivity contribution is 6.30. The number of hydrogen-bond donors (Lipinski definition) is 0. The van der Waals surface area contributed by atoms with Gasteiger partial charge in [0.25, 0.3) is 0 Å². The standard InChI is InChI=1S/C18H31ClN4O/c1-3-17-16(18(19)21(2)20-17)14-23-8-5-4-6-15(23)7-9-22-10-12-24-13-11-22/h15H,3-14H2,1-2H3. The zero-order valence-corrected chi connectivity index (χ0v) is 15.9. The molecule has 2 aliphatic heterocycles. The minimum absolute atomic E-state index is 0.669. The van der Waals surface area contributed by atoms with Gasteiger partial charge in [-0.25, -0.2) is 0 Å². The number of rotatable bonds is 6. The van der Waals surface area contributed by atoms with E-state index in [2.05, 4.69) is 21.8 Å². The van der Waals surface area contributed by atoms with Crippen molar-refractivity contribution in [2.45, 2.75) is 51.6 Å². The van der Waals surface area contributed by atoms with E-state index in [4.69, 9.17) is 16.3 Å². The second-order valence-electron chi connectivity index (χ2n) is 7.06. The number of aromatic nitrogens is 2. The highest BCUT2D eigenvalue weighted by atomic mass is 35.5. The van der Waals surface area contributed by atoms with Crippen LogP contribution in [0.15, 0.2) is 0 Å². The van der Waals surface area contributed by atoms with Crippen molar-refractivity contribution in [2.75, 3.05) is 39.4 Å². The second-order valence-corrected chi connectivity index (χ2v) is 7.41. The zero-order valence-electron chi connectivity index (χ0n) is 15.1. The van der Waals surface area contributed by atoms with Crippen LogP contribution >= 0.6 is 11.6 Å². The summed E-state index contributed by atoms with van der Waals surface area (Å²) in [4.78, 5) is 5.19. The Morgan fingerprint density at radius 2 is 2.00 bits per heavy atom. The van der Waals surface area contributed by atoms with Crippen molar-refractivity contribution in [3.05, 3.63) is 16.4 Å². The van der Waals surface area contributed by atoms with Gasteiger partial charge in [-0.15, -0.1) is 0 Å². The normalized spacial score (nSPS) is 23.7. The molecule has 3 rings (SSSR count). The predicted molar refractivity (Wildman–Crippen MR) is 97.5 cm³/mol. The summed E-state index contributed by atoms with van der Waals surface area (Å²) in [6.45, 7) is 9.42. The molecule has 0 spiro atoms. The Morgan fingerprint density at radius 3 is 2.75 bits per heavy atom. The molecule has 0 aliphatic carbocycles. The summed E-state index contributed by atoms with van der Waals surface area (Å²) >= 11 is 6.51. The van der Waals surface area contributed by atoms with E-state index in [1.54, 1.807) is 0 Å². The lowest BCUT2D eigenvalue weighted by molar-refractivity contribution is 0.0302. The van der Waals surface area contributed by atoms with E-state index in [9.17, 15) is 0 Å². The number of nitrogens with zero attached hydrogens (tertiary/aromatic N) is 4. The molecule has 2 saturated heterocycles. The molecule has 0 radical (unpaired) electrons. The topological polar surface area (TPSA) is 33.5 Å². The maximum absolute atomic E-state index is 6.51. The fourth-order valence-electron chi connectivity index (χ4n) is 3.99. The Kier molecular flexibility index (Phi) is 6.56. The minimum atomic E-state index is 0.669. The number of ether oxygens (including phenoxy) is 1. The Hall–Kier alpha value is -0.620. The number of hydrogen-bond acceptors (Lipinski definition) is 4. The fraction of sp³-hybridized carbons (Fsp3) is 0.833. The van der Waals surface area contributed by atoms with E-state index in [0.29, 0.717) is 6.04 Å². The molecule has 24 heavy (non-hydrogen) atoms. The van der Waals surface area contributed by atoms with Crippen LogP contribution in [0, 0.1) is 0 Å². The molecule has 0 bridgehead atoms. The third-order valence-corrected chi connectivity index (χ3v) is 5.95. The first-order valence-corrected chi connectivity index (χ1v) is 9.81. The predicted octanol–water partition coefficient (Wildman–Crippen LogP) is 2.71. The molecule has 0 aromatic carbocycles. The van der Waals surface area contributed by atoms with Gasteiger partial charge in [0.15, 0.2) is 0 Å². The third kappa shape index (κ3) is 4.31. The van der Waals surface area contributed by atoms with Crippen molar-refractivity contribution in [2.24, 2.45) is 7.05 Å². The van der Waals surface area contributed by atoms with Crippen LogP contribution in [0.3, 0.4) is 0 Å². The summed E-state index contributed by atoms with van der Waals surface area (Å²) in [6.07, 6.45) is 6.16. The van der Waals surface area contributed by atoms with E-state index in [1.165, 1.54) is 44.3 Å². The monoisotopic (exact) mass is 354 g/mol. The molecule has 1 aromatic heterocycles. The van der Waals surface area contributed by atoms with Crippen LogP contribution < -0.4 is 0 Å². The first-order valence-electron chi connectivity index (χ1n) is 9.43. The largest absolute Gasteiger partial charge is 0.379 e. The number of piperidine rings is 1. The van der Waals surface area contributed by atoms with Crippen molar-refractivity contribution in [1.82, 2.24) is 19.6 Å². The van der Waals surface area contributed by atoms with Gasteiger partial charge in [0.1, 0.15) is 5.15 Å². The average Bonchev–Trinajstić information content (AvgIpc) is 2.89. The summed E-state index contributed by atoms with van der Waals surface area (Å²) in [7, 11) is 1.94. The zero-order chi connectivity index (χ0) is 16.9. The lowest BCUT2D eigenvalue weighted by atomic mass is 9.98. The Morgan fingerprint density at radius 1 is 1.21 bits per heavy atom. The van der Waals surface area contributed by atoms with Crippen molar-refractivity contribution >= 4 is 11.6 Å². The molecule has 1 aromatic rings. The maximum atomic E-state index is 6.51. The molecule has 2 aliphatic rings. The fourth-order valence-corrected chi connectivity index (χ4v) is 4.20. The van der Waals surface area contributed by atoms with Crippen LogP contribution in [-0.2, 0) is 24.8 Å². The highest BCUT2D eigenvalue weighted by Gasteiger charge is 2.26. The second kappa shape index (κ2) is 8.65. The average molecular weight is 355 g/mol. The Labute approximate surface area is 150 Å². The van der Waals surface area contributed by atoms with E-state index >= 15 is 0 Å². The van der Waals surface area contributed by atoms with Gasteiger partial charge in [-0.05, 0) is 38.8 Å². The number of likely N-dealkylation sites (tertiary alicyclic amines) is 1. The van der Waals surface area contributed by atoms with Gasteiger partial charge in [0.2, 0.25) is 0 Å². The molecular weight excluding hydrogens is 324 g/mol. The van der Waals surface area contributed by atoms with E-state index < -0.39 is 0 Å². The lowest BCUT2D eigenvalue weighted by Gasteiger charge is -2.37. The number of morpholine rings is 1. The summed E-state index contributed by atoms with van der Waals surface area (Å²) in [5, 5.41) is 5.38. The van der Waals surface area contributed by atoms with Gasteiger partial charge >= 0.3 is 0 Å². The Bertz CT molecular complexity index is 527. The van der Waals surface area contributed by atoms with Crippen molar-refractivity contribution < 1.29 is 4.74 Å². The van der Waals surface area contributed by atoms with Crippen LogP contribution in [0.25, 0.3) is 0 Å². The molecule has 136 valence electrons. The minimum Gasteiger partial charge on any atom is -0.379 e. The van der Waals surface area contributed by atoms with E-state index in [1.807, 2.05) is 11.7 Å². The summed E-state index contributed by atoms with van der Waals surface area (Å²) in [6, 6.07) is 0.669. The smallest absolute Gasteiger partial charge is 0.131 e. The van der Waals surface area contributed by atoms with Crippen LogP contribution in [0.1, 0.15) is 43.9 Å². The highest BCUT2D eigenvalue weighted by Crippen LogP contribution is 2.27. The van der Waals surface area contributed by atoms with Gasteiger partial charge < -0.3 is 4.74 Å². The molecule has 6 heteroatoms. The first-order chi connectivity index (χ1) is 11.7. The Balaban J connectivity index is 1.62. The molecule has 2 fully saturated rings. The lowest BCUT2D eigenvalue weighted by Crippen LogP contribution is -2.43. The summed E-state index contributed by atoms with van der Waals surface area (Å²) in [5.41, 5.74) is 2.39. The number of halogens is 1. The van der Waals surface area contributed by atoms with Gasteiger partial charge in [0.05, 0.1) is 18.9 Å². The van der Waals surface area contributed by atoms with Crippen molar-refractivity contribution in [3.8, 4) is 0 Å². The van der Waals surface area contributed by atoms with Crippen LogP contribution in [-0.4, -0.2) is 65.0 Å². The van der Waals surface area contributed by atoms with Crippen LogP contribution in [0.2, 0.25) is 5.15 Å². The van der Waals surface area contributed by atoms with Crippen LogP contribution in [0.4, 0.5) is 0 Å². The molecule has 3 heterocycles. The molecule has 1 atom stereocenters. The van der Waals surface area contributed by atoms with E-state index in [-0.39, 0.29) is 0 Å². The third-order valence-electron chi connectivity index (χ3n) is 5.48. The molecule has 1 unspecified atom stereocenters. The SMILES string of the molecule is CCc1nn(C)c(Cl)c1CN1CCCCC1CCN1CCOCC1. The van der Waals surface area contributed by atoms with E-state index in [0.717, 1.165) is 50.1 Å². The first kappa shape index (κ1) is 18.2.